The van der Waals surface area contributed by atoms with Gasteiger partial charge in [-0.25, -0.2) is 0 Å². The number of carbonyl (C=O) groups is 3. The third-order valence-electron chi connectivity index (χ3n) is 4.94. The highest BCUT2D eigenvalue weighted by Gasteiger charge is 2.30. The lowest BCUT2D eigenvalue weighted by Crippen LogP contribution is -2.34. The summed E-state index contributed by atoms with van der Waals surface area (Å²) in [5, 5.41) is 2.72. The second kappa shape index (κ2) is 9.93. The molecule has 1 aliphatic rings. The van der Waals surface area contributed by atoms with E-state index in [2.05, 4.69) is 5.32 Å². The van der Waals surface area contributed by atoms with Gasteiger partial charge >= 0.3 is 5.97 Å². The van der Waals surface area contributed by atoms with Crippen molar-refractivity contribution in [1.29, 1.82) is 0 Å². The Morgan fingerprint density at radius 2 is 1.81 bits per heavy atom. The van der Waals surface area contributed by atoms with E-state index in [0.717, 1.165) is 11.1 Å². The zero-order valence-electron chi connectivity index (χ0n) is 17.8. The molecule has 31 heavy (non-hydrogen) atoms. The minimum absolute atomic E-state index is 0.0540. The number of rotatable bonds is 7. The minimum atomic E-state index is -0.987. The molecule has 7 heteroatoms. The van der Waals surface area contributed by atoms with Crippen LogP contribution in [-0.2, 0) is 19.1 Å². The van der Waals surface area contributed by atoms with Crippen LogP contribution in [-0.4, -0.2) is 35.4 Å². The molecule has 0 aliphatic carbocycles. The zero-order valence-corrected chi connectivity index (χ0v) is 17.8. The summed E-state index contributed by atoms with van der Waals surface area (Å²) < 4.78 is 10.7. The number of carbonyl (C=O) groups excluding carboxylic acids is 3. The summed E-state index contributed by atoms with van der Waals surface area (Å²) in [6.07, 6.45) is 2.47. The van der Waals surface area contributed by atoms with Gasteiger partial charge in [0.15, 0.2) is 6.10 Å². The van der Waals surface area contributed by atoms with Gasteiger partial charge in [-0.3, -0.25) is 14.4 Å². The van der Waals surface area contributed by atoms with Crippen LogP contribution >= 0.6 is 0 Å². The first-order valence-corrected chi connectivity index (χ1v) is 10.2. The Kier molecular flexibility index (Phi) is 7.07. The number of anilines is 1. The first-order chi connectivity index (χ1) is 14.9. The lowest BCUT2D eigenvalue weighted by atomic mass is 9.94. The standard InChI is InChI=1S/C24H26N2O5/c1-4-30-20-11-9-19(10-12-20)25-24(29)16(2)31-23(28)15-22-21-8-6-5-7-18(21)13-14-26(22)17(3)27/h5-14,16,22H,4,15H2,1-3H3,(H,25,29)/t16-,22+/m0/s1. The summed E-state index contributed by atoms with van der Waals surface area (Å²) in [5.41, 5.74) is 2.38. The van der Waals surface area contributed by atoms with Gasteiger partial charge < -0.3 is 19.7 Å². The van der Waals surface area contributed by atoms with E-state index in [1.165, 1.54) is 18.7 Å². The lowest BCUT2D eigenvalue weighted by molar-refractivity contribution is -0.154. The second-order valence-corrected chi connectivity index (χ2v) is 7.17. The molecule has 0 saturated carbocycles. The van der Waals surface area contributed by atoms with Crippen LogP contribution in [0.25, 0.3) is 6.08 Å². The first kappa shape index (κ1) is 22.1. The van der Waals surface area contributed by atoms with E-state index < -0.39 is 24.0 Å². The van der Waals surface area contributed by atoms with Crippen LogP contribution in [0.4, 0.5) is 5.69 Å². The molecule has 0 unspecified atom stereocenters. The van der Waals surface area contributed by atoms with Crippen LogP contribution in [0.15, 0.2) is 54.7 Å². The zero-order chi connectivity index (χ0) is 22.4. The molecular formula is C24H26N2O5. The van der Waals surface area contributed by atoms with Crippen LogP contribution in [0.5, 0.6) is 5.75 Å². The van der Waals surface area contributed by atoms with E-state index in [1.54, 1.807) is 30.5 Å². The van der Waals surface area contributed by atoms with E-state index in [0.29, 0.717) is 18.0 Å². The maximum Gasteiger partial charge on any atom is 0.309 e. The molecule has 2 atom stereocenters. The smallest absolute Gasteiger partial charge is 0.309 e. The molecule has 162 valence electrons. The number of benzene rings is 2. The second-order valence-electron chi connectivity index (χ2n) is 7.17. The molecule has 7 nitrogen and oxygen atoms in total. The fourth-order valence-corrected chi connectivity index (χ4v) is 3.41. The van der Waals surface area contributed by atoms with Gasteiger partial charge in [0.2, 0.25) is 5.91 Å². The molecule has 0 saturated heterocycles. The van der Waals surface area contributed by atoms with Gasteiger partial charge in [0.1, 0.15) is 5.75 Å². The first-order valence-electron chi connectivity index (χ1n) is 10.2. The Labute approximate surface area is 181 Å². The van der Waals surface area contributed by atoms with Crippen molar-refractivity contribution in [3.05, 3.63) is 65.9 Å². The molecular weight excluding hydrogens is 396 g/mol. The van der Waals surface area contributed by atoms with Gasteiger partial charge in [0.05, 0.1) is 19.1 Å². The van der Waals surface area contributed by atoms with Gasteiger partial charge in [-0.15, -0.1) is 0 Å². The van der Waals surface area contributed by atoms with E-state index in [9.17, 15) is 14.4 Å². The average molecular weight is 422 g/mol. The van der Waals surface area contributed by atoms with E-state index in [-0.39, 0.29) is 12.3 Å². The van der Waals surface area contributed by atoms with E-state index in [1.807, 2.05) is 37.3 Å². The van der Waals surface area contributed by atoms with Crippen molar-refractivity contribution >= 4 is 29.5 Å². The molecule has 0 spiro atoms. The molecule has 3 rings (SSSR count). The highest BCUT2D eigenvalue weighted by molar-refractivity contribution is 5.95. The number of ether oxygens (including phenoxy) is 2. The van der Waals surface area contributed by atoms with Crippen LogP contribution in [0.1, 0.15) is 44.4 Å². The summed E-state index contributed by atoms with van der Waals surface area (Å²) in [4.78, 5) is 38.6. The van der Waals surface area contributed by atoms with Crippen molar-refractivity contribution in [2.45, 2.75) is 39.3 Å². The van der Waals surface area contributed by atoms with Crippen molar-refractivity contribution in [2.24, 2.45) is 0 Å². The number of nitrogens with one attached hydrogen (secondary N) is 1. The summed E-state index contributed by atoms with van der Waals surface area (Å²) >= 11 is 0. The predicted molar refractivity (Wildman–Crippen MR) is 117 cm³/mol. The Hall–Kier alpha value is -3.61. The minimum Gasteiger partial charge on any atom is -0.494 e. The van der Waals surface area contributed by atoms with Crippen LogP contribution < -0.4 is 10.1 Å². The fourth-order valence-electron chi connectivity index (χ4n) is 3.41. The Morgan fingerprint density at radius 1 is 1.10 bits per heavy atom. The number of nitrogens with zero attached hydrogens (tertiary/aromatic N) is 1. The molecule has 0 bridgehead atoms. The number of esters is 1. The summed E-state index contributed by atoms with van der Waals surface area (Å²) in [6.45, 7) is 5.41. The third-order valence-corrected chi connectivity index (χ3v) is 4.94. The molecule has 1 aliphatic heterocycles. The fraction of sp³-hybridized carbons (Fsp3) is 0.292. The molecule has 2 amide bonds. The van der Waals surface area contributed by atoms with E-state index in [4.69, 9.17) is 9.47 Å². The highest BCUT2D eigenvalue weighted by atomic mass is 16.5. The van der Waals surface area contributed by atoms with Crippen LogP contribution in [0.3, 0.4) is 0 Å². The Balaban J connectivity index is 1.61. The summed E-state index contributed by atoms with van der Waals surface area (Å²) in [6, 6.07) is 14.0. The van der Waals surface area contributed by atoms with Crippen molar-refractivity contribution in [2.75, 3.05) is 11.9 Å². The Bertz CT molecular complexity index is 984. The van der Waals surface area contributed by atoms with Gasteiger partial charge in [0.25, 0.3) is 5.91 Å². The number of hydrogen-bond donors (Lipinski definition) is 1. The topological polar surface area (TPSA) is 84.9 Å². The quantitative estimate of drug-likeness (QED) is 0.684. The van der Waals surface area contributed by atoms with Crippen LogP contribution in [0.2, 0.25) is 0 Å². The normalized spacial score (nSPS) is 15.6. The molecule has 1 heterocycles. The van der Waals surface area contributed by atoms with Crippen molar-refractivity contribution in [1.82, 2.24) is 4.90 Å². The maximum atomic E-state index is 12.6. The molecule has 2 aromatic rings. The predicted octanol–water partition coefficient (Wildman–Crippen LogP) is 3.92. The molecule has 0 fully saturated rings. The summed E-state index contributed by atoms with van der Waals surface area (Å²) in [7, 11) is 0. The van der Waals surface area contributed by atoms with E-state index >= 15 is 0 Å². The molecule has 0 radical (unpaired) electrons. The number of amides is 2. The van der Waals surface area contributed by atoms with Gasteiger partial charge in [-0.05, 0) is 55.3 Å². The largest absolute Gasteiger partial charge is 0.494 e. The number of fused-ring (bicyclic) bond motifs is 1. The average Bonchev–Trinajstić information content (AvgIpc) is 2.75. The van der Waals surface area contributed by atoms with Gasteiger partial charge in [-0.1, -0.05) is 24.3 Å². The number of hydrogen-bond acceptors (Lipinski definition) is 5. The summed E-state index contributed by atoms with van der Waals surface area (Å²) in [5.74, 6) is -0.470. The van der Waals surface area contributed by atoms with Gasteiger partial charge in [0, 0.05) is 18.8 Å². The highest BCUT2D eigenvalue weighted by Crippen LogP contribution is 2.33. The van der Waals surface area contributed by atoms with Crippen molar-refractivity contribution in [3.63, 3.8) is 0 Å². The lowest BCUT2D eigenvalue weighted by Gasteiger charge is -2.32. The van der Waals surface area contributed by atoms with Crippen LogP contribution in [0, 0.1) is 0 Å². The van der Waals surface area contributed by atoms with Crippen molar-refractivity contribution in [3.8, 4) is 5.75 Å². The van der Waals surface area contributed by atoms with Gasteiger partial charge in [-0.2, -0.15) is 0 Å². The monoisotopic (exact) mass is 422 g/mol. The maximum absolute atomic E-state index is 12.6. The molecule has 0 aromatic heterocycles. The Morgan fingerprint density at radius 3 is 2.48 bits per heavy atom. The third kappa shape index (κ3) is 5.51. The molecule has 1 N–H and O–H groups in total. The molecule has 2 aromatic carbocycles. The van der Waals surface area contributed by atoms with Crippen molar-refractivity contribution < 1.29 is 23.9 Å². The SMILES string of the molecule is CCOc1ccc(NC(=O)[C@H](C)OC(=O)C[C@@H]2c3ccccc3C=CN2C(C)=O)cc1.